The number of thioether (sulfide) groups is 1. The number of ether oxygens (including phenoxy) is 1. The molecule has 0 radical (unpaired) electrons. The molecule has 0 aliphatic heterocycles. The second-order valence-corrected chi connectivity index (χ2v) is 11.0. The van der Waals surface area contributed by atoms with E-state index in [1.54, 1.807) is 61.7 Å². The van der Waals surface area contributed by atoms with Crippen LogP contribution in [0.5, 0.6) is 5.75 Å². The maximum absolute atomic E-state index is 13.3. The lowest BCUT2D eigenvalue weighted by Gasteiger charge is -2.13. The monoisotopic (exact) mass is 594 g/mol. The summed E-state index contributed by atoms with van der Waals surface area (Å²) < 4.78 is 6.42. The van der Waals surface area contributed by atoms with Gasteiger partial charge in [0.25, 0.3) is 11.8 Å². The standard InChI is InChI=1S/C32H26N4O4S2/c1-40-27-13-7-5-11-22(27)19-26(34-30(38)21-9-3-2-4-10-21)31(39)33-23-15-17-24(18-16-23)41-20-29(37)36-32-35-25-12-6-8-14-28(25)42-32/h2-19H,20H2,1H3,(H,33,39)(H,34,38)(H,35,36,37)/b26-19-. The molecular weight excluding hydrogens is 569 g/mol. The SMILES string of the molecule is COc1ccccc1/C=C(\NC(=O)c1ccccc1)C(=O)Nc1ccc(SCC(=O)Nc2nc3ccccc3s2)cc1. The van der Waals surface area contributed by atoms with Crippen molar-refractivity contribution in [1.82, 2.24) is 10.3 Å². The van der Waals surface area contributed by atoms with E-state index in [0.717, 1.165) is 15.1 Å². The average molecular weight is 595 g/mol. The van der Waals surface area contributed by atoms with Gasteiger partial charge in [0.1, 0.15) is 11.4 Å². The molecule has 1 heterocycles. The van der Waals surface area contributed by atoms with Crippen LogP contribution in [0.1, 0.15) is 15.9 Å². The van der Waals surface area contributed by atoms with Gasteiger partial charge in [0.15, 0.2) is 5.13 Å². The summed E-state index contributed by atoms with van der Waals surface area (Å²) >= 11 is 2.80. The van der Waals surface area contributed by atoms with Gasteiger partial charge in [-0.1, -0.05) is 59.9 Å². The number of carbonyl (C=O) groups is 3. The Labute approximate surface area is 250 Å². The minimum absolute atomic E-state index is 0.0540. The van der Waals surface area contributed by atoms with Crippen molar-refractivity contribution in [3.63, 3.8) is 0 Å². The van der Waals surface area contributed by atoms with Crippen LogP contribution in [-0.2, 0) is 9.59 Å². The van der Waals surface area contributed by atoms with Crippen LogP contribution < -0.4 is 20.7 Å². The van der Waals surface area contributed by atoms with E-state index >= 15 is 0 Å². The number of methoxy groups -OCH3 is 1. The van der Waals surface area contributed by atoms with Gasteiger partial charge in [-0.15, -0.1) is 11.8 Å². The van der Waals surface area contributed by atoms with E-state index in [0.29, 0.717) is 27.7 Å². The molecule has 0 spiro atoms. The normalized spacial score (nSPS) is 11.1. The number of rotatable bonds is 10. The highest BCUT2D eigenvalue weighted by molar-refractivity contribution is 8.00. The van der Waals surface area contributed by atoms with Crippen molar-refractivity contribution >= 4 is 67.9 Å². The zero-order valence-corrected chi connectivity index (χ0v) is 24.1. The Morgan fingerprint density at radius 1 is 0.857 bits per heavy atom. The zero-order valence-electron chi connectivity index (χ0n) is 22.5. The fourth-order valence-corrected chi connectivity index (χ4v) is 5.53. The summed E-state index contributed by atoms with van der Waals surface area (Å²) in [5, 5.41) is 8.98. The number of amides is 3. The molecule has 42 heavy (non-hydrogen) atoms. The van der Waals surface area contributed by atoms with E-state index in [4.69, 9.17) is 4.74 Å². The first-order valence-corrected chi connectivity index (χ1v) is 14.7. The van der Waals surface area contributed by atoms with Crippen LogP contribution in [-0.4, -0.2) is 35.6 Å². The van der Waals surface area contributed by atoms with Crippen LogP contribution in [0.2, 0.25) is 0 Å². The minimum Gasteiger partial charge on any atom is -0.496 e. The van der Waals surface area contributed by atoms with Crippen LogP contribution in [0.3, 0.4) is 0 Å². The van der Waals surface area contributed by atoms with E-state index in [9.17, 15) is 14.4 Å². The van der Waals surface area contributed by atoms with E-state index in [1.165, 1.54) is 23.1 Å². The first-order valence-electron chi connectivity index (χ1n) is 12.9. The van der Waals surface area contributed by atoms with E-state index in [-0.39, 0.29) is 17.4 Å². The number of carbonyl (C=O) groups excluding carboxylic acids is 3. The Bertz CT molecular complexity index is 1720. The van der Waals surface area contributed by atoms with Crippen molar-refractivity contribution in [1.29, 1.82) is 0 Å². The Balaban J connectivity index is 1.23. The fourth-order valence-electron chi connectivity index (χ4n) is 3.95. The molecule has 1 aromatic heterocycles. The molecule has 5 aromatic rings. The van der Waals surface area contributed by atoms with Gasteiger partial charge in [0, 0.05) is 21.7 Å². The number of anilines is 2. The fraction of sp³-hybridized carbons (Fsp3) is 0.0625. The first kappa shape index (κ1) is 28.6. The van der Waals surface area contributed by atoms with Crippen LogP contribution in [0.25, 0.3) is 16.3 Å². The molecule has 0 aliphatic carbocycles. The second-order valence-electron chi connectivity index (χ2n) is 8.92. The molecule has 0 unspecified atom stereocenters. The summed E-state index contributed by atoms with van der Waals surface area (Å²) in [6, 6.07) is 30.7. The lowest BCUT2D eigenvalue weighted by Crippen LogP contribution is -2.30. The minimum atomic E-state index is -0.499. The molecule has 0 saturated carbocycles. The number of benzene rings is 4. The van der Waals surface area contributed by atoms with Crippen molar-refractivity contribution in [2.24, 2.45) is 0 Å². The molecule has 0 atom stereocenters. The quantitative estimate of drug-likeness (QED) is 0.127. The average Bonchev–Trinajstić information content (AvgIpc) is 3.43. The van der Waals surface area contributed by atoms with Gasteiger partial charge in [0.05, 0.1) is 23.1 Å². The van der Waals surface area contributed by atoms with Crippen molar-refractivity contribution in [3.05, 3.63) is 120 Å². The van der Waals surface area contributed by atoms with E-state index < -0.39 is 11.8 Å². The highest BCUT2D eigenvalue weighted by Crippen LogP contribution is 2.26. The van der Waals surface area contributed by atoms with Crippen LogP contribution in [0, 0.1) is 0 Å². The summed E-state index contributed by atoms with van der Waals surface area (Å²) in [6.07, 6.45) is 1.57. The predicted octanol–water partition coefficient (Wildman–Crippen LogP) is 6.45. The Hall–Kier alpha value is -4.93. The number of fused-ring (bicyclic) bond motifs is 1. The Morgan fingerprint density at radius 3 is 2.33 bits per heavy atom. The molecule has 0 aliphatic rings. The third kappa shape index (κ3) is 7.42. The largest absolute Gasteiger partial charge is 0.496 e. The summed E-state index contributed by atoms with van der Waals surface area (Å²) in [4.78, 5) is 44.0. The van der Waals surface area contributed by atoms with E-state index in [2.05, 4.69) is 20.9 Å². The number of aromatic nitrogens is 1. The zero-order chi connectivity index (χ0) is 29.3. The number of hydrogen-bond donors (Lipinski definition) is 3. The molecule has 4 aromatic carbocycles. The molecule has 0 bridgehead atoms. The highest BCUT2D eigenvalue weighted by atomic mass is 32.2. The number of nitrogens with one attached hydrogen (secondary N) is 3. The third-order valence-corrected chi connectivity index (χ3v) is 7.95. The van der Waals surface area contributed by atoms with E-state index in [1.807, 2.05) is 54.6 Å². The van der Waals surface area contributed by atoms with Gasteiger partial charge in [-0.05, 0) is 60.7 Å². The summed E-state index contributed by atoms with van der Waals surface area (Å²) in [6.45, 7) is 0. The topological polar surface area (TPSA) is 109 Å². The molecule has 8 nitrogen and oxygen atoms in total. The number of para-hydroxylation sites is 2. The Kier molecular flexibility index (Phi) is 9.27. The first-order chi connectivity index (χ1) is 20.5. The highest BCUT2D eigenvalue weighted by Gasteiger charge is 2.16. The summed E-state index contributed by atoms with van der Waals surface area (Å²) in [5.74, 6) is -0.301. The van der Waals surface area contributed by atoms with Gasteiger partial charge in [0.2, 0.25) is 5.91 Å². The van der Waals surface area contributed by atoms with Gasteiger partial charge in [-0.2, -0.15) is 0 Å². The lowest BCUT2D eigenvalue weighted by molar-refractivity contribution is -0.114. The van der Waals surface area contributed by atoms with Crippen LogP contribution in [0.15, 0.2) is 114 Å². The van der Waals surface area contributed by atoms with Crippen LogP contribution >= 0.6 is 23.1 Å². The lowest BCUT2D eigenvalue weighted by atomic mass is 10.1. The molecule has 0 saturated heterocycles. The molecule has 0 fully saturated rings. The van der Waals surface area contributed by atoms with Crippen molar-refractivity contribution in [2.75, 3.05) is 23.5 Å². The molecule has 10 heteroatoms. The van der Waals surface area contributed by atoms with Crippen molar-refractivity contribution in [3.8, 4) is 5.75 Å². The summed E-state index contributed by atoms with van der Waals surface area (Å²) in [7, 11) is 1.54. The maximum Gasteiger partial charge on any atom is 0.272 e. The van der Waals surface area contributed by atoms with Crippen molar-refractivity contribution in [2.45, 2.75) is 4.90 Å². The van der Waals surface area contributed by atoms with Crippen molar-refractivity contribution < 1.29 is 19.1 Å². The smallest absolute Gasteiger partial charge is 0.272 e. The molecule has 3 N–H and O–H groups in total. The number of nitrogens with zero attached hydrogens (tertiary/aromatic N) is 1. The second kappa shape index (κ2) is 13.6. The Morgan fingerprint density at radius 2 is 1.57 bits per heavy atom. The predicted molar refractivity (Wildman–Crippen MR) is 169 cm³/mol. The molecular formula is C32H26N4O4S2. The van der Waals surface area contributed by atoms with Crippen LogP contribution in [0.4, 0.5) is 10.8 Å². The third-order valence-electron chi connectivity index (χ3n) is 5.99. The molecule has 210 valence electrons. The summed E-state index contributed by atoms with van der Waals surface area (Å²) in [5.41, 5.74) is 2.49. The number of thiazole rings is 1. The molecule has 5 rings (SSSR count). The van der Waals surface area contributed by atoms with Gasteiger partial charge < -0.3 is 20.7 Å². The maximum atomic E-state index is 13.3. The van der Waals surface area contributed by atoms with Gasteiger partial charge >= 0.3 is 0 Å². The van der Waals surface area contributed by atoms with Gasteiger partial charge in [-0.3, -0.25) is 14.4 Å². The molecule has 3 amide bonds. The number of hydrogen-bond acceptors (Lipinski definition) is 7. The van der Waals surface area contributed by atoms with Gasteiger partial charge in [-0.25, -0.2) is 4.98 Å².